The highest BCUT2D eigenvalue weighted by Crippen LogP contribution is 2.28. The minimum Gasteiger partial charge on any atom is -0.369 e. The normalized spacial score (nSPS) is 10.9. The third-order valence-electron chi connectivity index (χ3n) is 2.45. The molecule has 0 aliphatic rings. The summed E-state index contributed by atoms with van der Waals surface area (Å²) in [6.07, 6.45) is 3.74. The minimum absolute atomic E-state index is 0.749. The van der Waals surface area contributed by atoms with Gasteiger partial charge >= 0.3 is 0 Å². The van der Waals surface area contributed by atoms with Crippen LogP contribution >= 0.6 is 11.3 Å². The SMILES string of the molecule is Cc1csc2c(NCCCCN)ncnc12. The summed E-state index contributed by atoms with van der Waals surface area (Å²) in [6, 6.07) is 0. The molecule has 0 fully saturated rings. The Hall–Kier alpha value is -1.20. The molecule has 0 unspecified atom stereocenters. The standard InChI is InChI=1S/C11H16N4S/c1-8-6-16-10-9(8)14-7-15-11(10)13-5-3-2-4-12/h6-7H,2-5,12H2,1H3,(H,13,14,15). The molecule has 0 aromatic carbocycles. The Labute approximate surface area is 98.9 Å². The lowest BCUT2D eigenvalue weighted by Gasteiger charge is -2.05. The number of nitrogens with one attached hydrogen (secondary N) is 1. The van der Waals surface area contributed by atoms with Gasteiger partial charge in [0.15, 0.2) is 0 Å². The molecule has 0 aliphatic heterocycles. The highest BCUT2D eigenvalue weighted by molar-refractivity contribution is 7.18. The predicted octanol–water partition coefficient (Wildman–Crippen LogP) is 2.15. The van der Waals surface area contributed by atoms with Gasteiger partial charge in [-0.25, -0.2) is 9.97 Å². The summed E-state index contributed by atoms with van der Waals surface area (Å²) < 4.78 is 1.15. The van der Waals surface area contributed by atoms with Crippen LogP contribution in [0.15, 0.2) is 11.7 Å². The second kappa shape index (κ2) is 5.23. The lowest BCUT2D eigenvalue weighted by molar-refractivity contribution is 0.773. The monoisotopic (exact) mass is 236 g/mol. The summed E-state index contributed by atoms with van der Waals surface area (Å²) in [7, 11) is 0. The van der Waals surface area contributed by atoms with Crippen molar-refractivity contribution in [2.45, 2.75) is 19.8 Å². The van der Waals surface area contributed by atoms with Crippen LogP contribution in [0.3, 0.4) is 0 Å². The first-order valence-electron chi connectivity index (χ1n) is 5.45. The van der Waals surface area contributed by atoms with E-state index in [9.17, 15) is 0 Å². The number of nitrogens with two attached hydrogens (primary N) is 1. The average Bonchev–Trinajstić information content (AvgIpc) is 2.68. The van der Waals surface area contributed by atoms with E-state index in [2.05, 4.69) is 27.6 Å². The summed E-state index contributed by atoms with van der Waals surface area (Å²) in [4.78, 5) is 8.56. The molecule has 0 radical (unpaired) electrons. The number of unbranched alkanes of at least 4 members (excludes halogenated alkanes) is 1. The maximum absolute atomic E-state index is 5.45. The number of fused-ring (bicyclic) bond motifs is 1. The molecule has 5 heteroatoms. The zero-order chi connectivity index (χ0) is 11.4. The fourth-order valence-electron chi connectivity index (χ4n) is 1.57. The van der Waals surface area contributed by atoms with Crippen molar-refractivity contribution in [1.82, 2.24) is 9.97 Å². The molecule has 0 aliphatic carbocycles. The molecule has 0 atom stereocenters. The van der Waals surface area contributed by atoms with Crippen LogP contribution in [0.4, 0.5) is 5.82 Å². The van der Waals surface area contributed by atoms with Gasteiger partial charge in [-0.3, -0.25) is 0 Å². The van der Waals surface area contributed by atoms with Crippen LogP contribution in [0, 0.1) is 6.92 Å². The highest BCUT2D eigenvalue weighted by atomic mass is 32.1. The molecule has 2 aromatic rings. The van der Waals surface area contributed by atoms with Crippen LogP contribution in [-0.2, 0) is 0 Å². The molecule has 3 N–H and O–H groups in total. The number of hydrogen-bond acceptors (Lipinski definition) is 5. The molecule has 4 nitrogen and oxygen atoms in total. The fourth-order valence-corrected chi connectivity index (χ4v) is 2.54. The number of hydrogen-bond donors (Lipinski definition) is 2. The summed E-state index contributed by atoms with van der Waals surface area (Å²) in [5.74, 6) is 0.945. The number of rotatable bonds is 5. The molecular formula is C11H16N4S. The van der Waals surface area contributed by atoms with E-state index >= 15 is 0 Å². The Morgan fingerprint density at radius 3 is 3.06 bits per heavy atom. The third-order valence-corrected chi connectivity index (χ3v) is 3.55. The van der Waals surface area contributed by atoms with Crippen molar-refractivity contribution in [3.05, 3.63) is 17.3 Å². The Bertz CT molecular complexity index is 466. The fraction of sp³-hybridized carbons (Fsp3) is 0.455. The Morgan fingerprint density at radius 1 is 1.38 bits per heavy atom. The first kappa shape index (κ1) is 11.3. The van der Waals surface area contributed by atoms with Crippen molar-refractivity contribution in [2.24, 2.45) is 5.73 Å². The summed E-state index contributed by atoms with van der Waals surface area (Å²) in [5, 5.41) is 5.46. The molecule has 0 spiro atoms. The van der Waals surface area contributed by atoms with Crippen molar-refractivity contribution in [2.75, 3.05) is 18.4 Å². The molecule has 0 saturated heterocycles. The molecule has 0 bridgehead atoms. The molecule has 16 heavy (non-hydrogen) atoms. The maximum Gasteiger partial charge on any atom is 0.147 e. The van der Waals surface area contributed by atoms with Crippen LogP contribution < -0.4 is 11.1 Å². The Morgan fingerprint density at radius 2 is 2.25 bits per heavy atom. The topological polar surface area (TPSA) is 63.8 Å². The average molecular weight is 236 g/mol. The van der Waals surface area contributed by atoms with Gasteiger partial charge in [0.25, 0.3) is 0 Å². The van der Waals surface area contributed by atoms with Gasteiger partial charge in [-0.1, -0.05) is 0 Å². The first-order chi connectivity index (χ1) is 7.83. The maximum atomic E-state index is 5.45. The van der Waals surface area contributed by atoms with Crippen LogP contribution in [0.1, 0.15) is 18.4 Å². The molecule has 0 amide bonds. The van der Waals surface area contributed by atoms with Crippen LogP contribution in [0.25, 0.3) is 10.2 Å². The zero-order valence-electron chi connectivity index (χ0n) is 9.36. The van der Waals surface area contributed by atoms with Crippen LogP contribution in [-0.4, -0.2) is 23.1 Å². The second-order valence-corrected chi connectivity index (χ2v) is 4.62. The minimum atomic E-state index is 0.749. The summed E-state index contributed by atoms with van der Waals surface area (Å²) in [5.41, 5.74) is 7.72. The van der Waals surface area contributed by atoms with Gasteiger partial charge in [0.05, 0.1) is 10.2 Å². The van der Waals surface area contributed by atoms with E-state index in [0.717, 1.165) is 42.0 Å². The van der Waals surface area contributed by atoms with E-state index in [1.807, 2.05) is 0 Å². The van der Waals surface area contributed by atoms with Crippen molar-refractivity contribution < 1.29 is 0 Å². The number of nitrogens with zero attached hydrogens (tertiary/aromatic N) is 2. The van der Waals surface area contributed by atoms with Gasteiger partial charge < -0.3 is 11.1 Å². The molecule has 2 heterocycles. The largest absolute Gasteiger partial charge is 0.369 e. The number of aromatic nitrogens is 2. The van der Waals surface area contributed by atoms with Crippen molar-refractivity contribution in [3.63, 3.8) is 0 Å². The molecule has 0 saturated carbocycles. The smallest absolute Gasteiger partial charge is 0.147 e. The summed E-state index contributed by atoms with van der Waals surface area (Å²) >= 11 is 1.69. The van der Waals surface area contributed by atoms with Crippen LogP contribution in [0.2, 0.25) is 0 Å². The molecule has 2 rings (SSSR count). The predicted molar refractivity (Wildman–Crippen MR) is 68.9 cm³/mol. The van der Waals surface area contributed by atoms with Gasteiger partial charge in [-0.05, 0) is 37.3 Å². The van der Waals surface area contributed by atoms with Gasteiger partial charge in [0.2, 0.25) is 0 Å². The lowest BCUT2D eigenvalue weighted by Crippen LogP contribution is -2.06. The lowest BCUT2D eigenvalue weighted by atomic mass is 10.3. The van der Waals surface area contributed by atoms with Gasteiger partial charge in [-0.2, -0.15) is 0 Å². The zero-order valence-corrected chi connectivity index (χ0v) is 10.2. The van der Waals surface area contributed by atoms with E-state index in [-0.39, 0.29) is 0 Å². The van der Waals surface area contributed by atoms with Gasteiger partial charge in [0.1, 0.15) is 12.1 Å². The van der Waals surface area contributed by atoms with Crippen molar-refractivity contribution in [1.29, 1.82) is 0 Å². The van der Waals surface area contributed by atoms with Gasteiger partial charge in [0, 0.05) is 6.54 Å². The number of thiophene rings is 1. The number of aryl methyl sites for hydroxylation is 1. The van der Waals surface area contributed by atoms with Gasteiger partial charge in [-0.15, -0.1) is 11.3 Å². The van der Waals surface area contributed by atoms with E-state index in [1.165, 1.54) is 5.56 Å². The molecule has 86 valence electrons. The Balaban J connectivity index is 2.11. The summed E-state index contributed by atoms with van der Waals surface area (Å²) in [6.45, 7) is 3.74. The molecule has 2 aromatic heterocycles. The van der Waals surface area contributed by atoms with E-state index < -0.39 is 0 Å². The highest BCUT2D eigenvalue weighted by Gasteiger charge is 2.06. The Kier molecular flexibility index (Phi) is 3.69. The second-order valence-electron chi connectivity index (χ2n) is 3.74. The third kappa shape index (κ3) is 2.31. The van der Waals surface area contributed by atoms with Crippen molar-refractivity contribution >= 4 is 27.4 Å². The first-order valence-corrected chi connectivity index (χ1v) is 6.33. The number of anilines is 1. The van der Waals surface area contributed by atoms with E-state index in [0.29, 0.717) is 0 Å². The quantitative estimate of drug-likeness (QED) is 0.781. The van der Waals surface area contributed by atoms with E-state index in [1.54, 1.807) is 17.7 Å². The van der Waals surface area contributed by atoms with E-state index in [4.69, 9.17) is 5.73 Å². The molecular weight excluding hydrogens is 220 g/mol. The van der Waals surface area contributed by atoms with Crippen LogP contribution in [0.5, 0.6) is 0 Å². The van der Waals surface area contributed by atoms with Crippen molar-refractivity contribution in [3.8, 4) is 0 Å².